The van der Waals surface area contributed by atoms with Crippen LogP contribution in [0.25, 0.3) is 10.9 Å². The molecule has 3 atom stereocenters. The van der Waals surface area contributed by atoms with Gasteiger partial charge in [0, 0.05) is 41.7 Å². The van der Waals surface area contributed by atoms with Crippen LogP contribution in [0.1, 0.15) is 119 Å². The third-order valence-electron chi connectivity index (χ3n) is 10.5. The fraction of sp³-hybridized carbons (Fsp3) is 0.525. The highest BCUT2D eigenvalue weighted by Crippen LogP contribution is 2.49. The number of ketones is 1. The van der Waals surface area contributed by atoms with Gasteiger partial charge < -0.3 is 41.1 Å². The average Bonchev–Trinajstić information content (AvgIpc) is 3.83. The Hall–Kier alpha value is -3.63. The molecule has 1 saturated carbocycles. The van der Waals surface area contributed by atoms with Crippen LogP contribution in [0.5, 0.6) is 11.5 Å². The number of Topliss-reactive ketones (excluding diaryl/α,β-unsaturated/α-hetero) is 1. The molecular weight excluding hydrogens is 616 g/mol. The second-order valence-electron chi connectivity index (χ2n) is 14.1. The summed E-state index contributed by atoms with van der Waals surface area (Å²) in [6.07, 6.45) is 14.6. The molecule has 1 aliphatic carbocycles. The van der Waals surface area contributed by atoms with Crippen LogP contribution in [0.2, 0.25) is 0 Å². The number of nitrogens with two attached hydrogens (primary N) is 2. The van der Waals surface area contributed by atoms with Gasteiger partial charge in [-0.2, -0.15) is 0 Å². The van der Waals surface area contributed by atoms with E-state index in [9.17, 15) is 20.1 Å². The van der Waals surface area contributed by atoms with Crippen LogP contribution in [0.15, 0.2) is 61.1 Å². The Morgan fingerprint density at radius 1 is 1.02 bits per heavy atom. The molecular formula is C40H56N4O5. The highest BCUT2D eigenvalue weighted by atomic mass is 16.5. The fourth-order valence-electron chi connectivity index (χ4n) is 7.77. The normalized spacial score (nSPS) is 16.3. The Morgan fingerprint density at radius 2 is 1.82 bits per heavy atom. The molecule has 0 radical (unpaired) electrons. The highest BCUT2D eigenvalue weighted by Gasteiger charge is 2.39. The van der Waals surface area contributed by atoms with Crippen LogP contribution in [0, 0.1) is 5.92 Å². The number of unbranched alkanes of at least 4 members (excludes halogenated alkanes) is 2. The fourth-order valence-corrected chi connectivity index (χ4v) is 7.77. The van der Waals surface area contributed by atoms with Gasteiger partial charge >= 0.3 is 0 Å². The zero-order valence-electron chi connectivity index (χ0n) is 29.2. The number of aromatic hydroxyl groups is 1. The number of phenolic OH excluding ortho intramolecular Hbond substituents is 1. The molecule has 1 aliphatic rings. The summed E-state index contributed by atoms with van der Waals surface area (Å²) in [5.74, 6) is -0.0838. The number of ether oxygens (including phenoxy) is 1. The van der Waals surface area contributed by atoms with Crippen molar-refractivity contribution in [2.45, 2.75) is 128 Å². The lowest BCUT2D eigenvalue weighted by Crippen LogP contribution is -2.32. The molecule has 0 bridgehead atoms. The number of aliphatic hydroxyl groups is 2. The molecule has 0 aliphatic heterocycles. The summed E-state index contributed by atoms with van der Waals surface area (Å²) in [5.41, 5.74) is 17.3. The Balaban J connectivity index is 1.26. The van der Waals surface area contributed by atoms with Gasteiger partial charge in [0.2, 0.25) is 0 Å². The first-order valence-electron chi connectivity index (χ1n) is 18.3. The van der Waals surface area contributed by atoms with Crippen molar-refractivity contribution >= 4 is 16.7 Å². The van der Waals surface area contributed by atoms with Gasteiger partial charge in [-0.3, -0.25) is 4.79 Å². The molecule has 8 N–H and O–H groups in total. The quantitative estimate of drug-likeness (QED) is 0.0458. The van der Waals surface area contributed by atoms with Gasteiger partial charge in [-0.05, 0) is 72.9 Å². The number of carbonyl (C=O) groups excluding carboxylic acids is 1. The molecule has 0 saturated heterocycles. The van der Waals surface area contributed by atoms with Crippen molar-refractivity contribution in [3.8, 4) is 11.5 Å². The number of carbonyl (C=O) groups is 1. The van der Waals surface area contributed by atoms with E-state index >= 15 is 0 Å². The summed E-state index contributed by atoms with van der Waals surface area (Å²) < 4.78 is 8.10. The largest absolute Gasteiger partial charge is 0.504 e. The number of nitrogens with zero attached hydrogens (tertiary/aromatic N) is 1. The van der Waals surface area contributed by atoms with E-state index in [1.54, 1.807) is 12.1 Å². The topological polar surface area (TPSA) is 160 Å². The smallest absolute Gasteiger partial charge is 0.165 e. The highest BCUT2D eigenvalue weighted by molar-refractivity contribution is 5.85. The second-order valence-corrected chi connectivity index (χ2v) is 14.1. The van der Waals surface area contributed by atoms with E-state index in [2.05, 4.69) is 36.4 Å². The van der Waals surface area contributed by atoms with E-state index in [4.69, 9.17) is 16.2 Å². The molecule has 3 unspecified atom stereocenters. The van der Waals surface area contributed by atoms with Crippen molar-refractivity contribution < 1.29 is 24.9 Å². The minimum absolute atomic E-state index is 0.0127. The lowest BCUT2D eigenvalue weighted by Gasteiger charge is -2.30. The predicted octanol–water partition coefficient (Wildman–Crippen LogP) is 7.10. The molecule has 0 spiro atoms. The third kappa shape index (κ3) is 8.76. The van der Waals surface area contributed by atoms with Crippen LogP contribution >= 0.6 is 0 Å². The summed E-state index contributed by atoms with van der Waals surface area (Å²) in [6.45, 7) is 4.31. The van der Waals surface area contributed by atoms with E-state index in [0.29, 0.717) is 25.0 Å². The number of fused-ring (bicyclic) bond motifs is 1. The number of aromatic amines is 1. The Bertz CT molecular complexity index is 1650. The van der Waals surface area contributed by atoms with Gasteiger partial charge in [0.25, 0.3) is 0 Å². The monoisotopic (exact) mass is 672 g/mol. The minimum Gasteiger partial charge on any atom is -0.504 e. The Labute approximate surface area is 290 Å². The van der Waals surface area contributed by atoms with Gasteiger partial charge in [-0.15, -0.1) is 0 Å². The standard InChI is InChI=1S/C40H56N4O5/c1-3-5-6-13-31(37(48)22-30(45)10-4-2)35(46)16-14-27-15-17-36(47)38(20-27)49-26-44-24-32-33(23-43-34(32)25-44)40(18-7-8-19-40)29-12-9-11-28(21-29)39(41)42/h9,11-12,15,17,20-21,23-25,30-31,37,39,43,45,47-48H,3-8,10,13-14,16,18-19,22,26,41-42H2,1-2H3. The summed E-state index contributed by atoms with van der Waals surface area (Å²) in [5, 5.41) is 32.9. The van der Waals surface area contributed by atoms with Crippen molar-refractivity contribution in [2.75, 3.05) is 0 Å². The van der Waals surface area contributed by atoms with Crippen LogP contribution in [-0.2, 0) is 23.4 Å². The molecule has 5 rings (SSSR count). The molecule has 4 aromatic rings. The second kappa shape index (κ2) is 16.9. The van der Waals surface area contributed by atoms with E-state index in [0.717, 1.165) is 73.4 Å². The van der Waals surface area contributed by atoms with E-state index < -0.39 is 24.3 Å². The Morgan fingerprint density at radius 3 is 2.55 bits per heavy atom. The zero-order valence-corrected chi connectivity index (χ0v) is 29.2. The number of phenols is 1. The molecule has 9 nitrogen and oxygen atoms in total. The summed E-state index contributed by atoms with van der Waals surface area (Å²) in [6, 6.07) is 13.6. The number of aliphatic hydroxyl groups excluding tert-OH is 2. The summed E-state index contributed by atoms with van der Waals surface area (Å²) in [4.78, 5) is 16.8. The first kappa shape index (κ1) is 36.6. The molecule has 0 amide bonds. The van der Waals surface area contributed by atoms with Crippen LogP contribution in [0.3, 0.4) is 0 Å². The molecule has 9 heteroatoms. The van der Waals surface area contributed by atoms with E-state index in [-0.39, 0.29) is 36.5 Å². The van der Waals surface area contributed by atoms with Gasteiger partial charge in [0.05, 0.1) is 23.9 Å². The Kier molecular flexibility index (Phi) is 12.6. The number of nitrogens with one attached hydrogen (secondary N) is 1. The number of hydrogen-bond acceptors (Lipinski definition) is 7. The molecule has 49 heavy (non-hydrogen) atoms. The van der Waals surface area contributed by atoms with Crippen molar-refractivity contribution in [3.63, 3.8) is 0 Å². The van der Waals surface area contributed by atoms with Gasteiger partial charge in [-0.1, -0.05) is 82.7 Å². The number of H-pyrrole nitrogens is 1. The molecule has 1 fully saturated rings. The van der Waals surface area contributed by atoms with Gasteiger partial charge in [0.15, 0.2) is 18.2 Å². The molecule has 2 heterocycles. The predicted molar refractivity (Wildman–Crippen MR) is 194 cm³/mol. The maximum absolute atomic E-state index is 13.4. The number of aryl methyl sites for hydroxylation is 1. The zero-order chi connectivity index (χ0) is 35.0. The maximum Gasteiger partial charge on any atom is 0.165 e. The number of aromatic nitrogens is 2. The van der Waals surface area contributed by atoms with Crippen LogP contribution < -0.4 is 16.2 Å². The van der Waals surface area contributed by atoms with Crippen molar-refractivity contribution in [3.05, 3.63) is 83.3 Å². The minimum atomic E-state index is -0.851. The van der Waals surface area contributed by atoms with Gasteiger partial charge in [0.1, 0.15) is 5.78 Å². The maximum atomic E-state index is 13.4. The first-order chi connectivity index (χ1) is 23.6. The number of rotatable bonds is 19. The molecule has 266 valence electrons. The average molecular weight is 673 g/mol. The van der Waals surface area contributed by atoms with Crippen LogP contribution in [0.4, 0.5) is 0 Å². The van der Waals surface area contributed by atoms with E-state index in [1.165, 1.54) is 11.1 Å². The first-order valence-corrected chi connectivity index (χ1v) is 18.3. The molecule has 2 aromatic carbocycles. The van der Waals surface area contributed by atoms with Crippen molar-refractivity contribution in [1.29, 1.82) is 0 Å². The summed E-state index contributed by atoms with van der Waals surface area (Å²) in [7, 11) is 0. The van der Waals surface area contributed by atoms with Gasteiger partial charge in [-0.25, -0.2) is 0 Å². The molecule has 2 aromatic heterocycles. The summed E-state index contributed by atoms with van der Waals surface area (Å²) >= 11 is 0. The van der Waals surface area contributed by atoms with E-state index in [1.807, 2.05) is 35.9 Å². The lowest BCUT2D eigenvalue weighted by atomic mass is 9.73. The number of benzene rings is 2. The number of hydrogen-bond donors (Lipinski definition) is 6. The lowest BCUT2D eigenvalue weighted by molar-refractivity contribution is -0.127. The SMILES string of the molecule is CCCCCC(C(=O)CCc1ccc(O)c(OCn2cc3[nH]cc(C4(c5cccc(C(N)N)c5)CCCC4)c3c2)c1)C(O)CC(O)CCC. The van der Waals surface area contributed by atoms with Crippen molar-refractivity contribution in [2.24, 2.45) is 17.4 Å². The third-order valence-corrected chi connectivity index (χ3v) is 10.5. The van der Waals surface area contributed by atoms with Crippen LogP contribution in [-0.4, -0.2) is 42.9 Å². The van der Waals surface area contributed by atoms with Crippen molar-refractivity contribution in [1.82, 2.24) is 9.55 Å².